The molecule has 2 rings (SSSR count). The highest BCUT2D eigenvalue weighted by atomic mass is 79.9. The molecule has 0 saturated carbocycles. The molecule has 2 N–H and O–H groups in total. The van der Waals surface area contributed by atoms with Gasteiger partial charge in [0.25, 0.3) is 0 Å². The molecular formula is C13H14BrNOS. The van der Waals surface area contributed by atoms with Crippen LogP contribution < -0.4 is 10.5 Å². The maximum absolute atomic E-state index is 5.90. The highest BCUT2D eigenvalue weighted by Gasteiger charge is 2.13. The second-order valence-electron chi connectivity index (χ2n) is 3.75. The maximum atomic E-state index is 5.90. The number of hydrogen-bond acceptors (Lipinski definition) is 3. The zero-order valence-corrected chi connectivity index (χ0v) is 11.9. The van der Waals surface area contributed by atoms with Crippen LogP contribution in [0.2, 0.25) is 0 Å². The van der Waals surface area contributed by atoms with E-state index in [9.17, 15) is 0 Å². The average molecular weight is 312 g/mol. The first kappa shape index (κ1) is 12.6. The van der Waals surface area contributed by atoms with Crippen molar-refractivity contribution < 1.29 is 4.74 Å². The molecule has 90 valence electrons. The fraction of sp³-hybridized carbons (Fsp3) is 0.231. The molecule has 0 bridgehead atoms. The highest BCUT2D eigenvalue weighted by Crippen LogP contribution is 2.28. The Hall–Kier alpha value is -0.840. The summed E-state index contributed by atoms with van der Waals surface area (Å²) < 4.78 is 6.91. The van der Waals surface area contributed by atoms with E-state index >= 15 is 0 Å². The SMILES string of the molecule is Cc1ccc(C(CN)Oc2cccc(Br)c2)s1. The summed E-state index contributed by atoms with van der Waals surface area (Å²) in [5, 5.41) is 0. The minimum Gasteiger partial charge on any atom is -0.484 e. The molecule has 0 fully saturated rings. The lowest BCUT2D eigenvalue weighted by atomic mass is 10.3. The molecule has 0 spiro atoms. The van der Waals surface area contributed by atoms with Crippen LogP contribution >= 0.6 is 27.3 Å². The summed E-state index contributed by atoms with van der Waals surface area (Å²) in [6, 6.07) is 12.0. The molecule has 0 radical (unpaired) electrons. The molecule has 1 aromatic carbocycles. The van der Waals surface area contributed by atoms with Gasteiger partial charge in [0.05, 0.1) is 0 Å². The van der Waals surface area contributed by atoms with E-state index < -0.39 is 0 Å². The number of ether oxygens (including phenoxy) is 1. The van der Waals surface area contributed by atoms with Crippen LogP contribution in [0.3, 0.4) is 0 Å². The van der Waals surface area contributed by atoms with Crippen LogP contribution in [0.15, 0.2) is 40.9 Å². The molecule has 0 saturated heterocycles. The second kappa shape index (κ2) is 5.67. The summed E-state index contributed by atoms with van der Waals surface area (Å²) in [5.74, 6) is 0.834. The predicted molar refractivity (Wildman–Crippen MR) is 75.6 cm³/mol. The summed E-state index contributed by atoms with van der Waals surface area (Å²) in [7, 11) is 0. The fourth-order valence-electron chi connectivity index (χ4n) is 1.55. The summed E-state index contributed by atoms with van der Waals surface area (Å²) >= 11 is 5.15. The number of rotatable bonds is 4. The molecular weight excluding hydrogens is 298 g/mol. The van der Waals surface area contributed by atoms with Gasteiger partial charge in [0.1, 0.15) is 11.9 Å². The van der Waals surface area contributed by atoms with E-state index in [-0.39, 0.29) is 6.10 Å². The number of halogens is 1. The van der Waals surface area contributed by atoms with Gasteiger partial charge >= 0.3 is 0 Å². The lowest BCUT2D eigenvalue weighted by molar-refractivity contribution is 0.218. The van der Waals surface area contributed by atoms with Crippen molar-refractivity contribution >= 4 is 27.3 Å². The van der Waals surface area contributed by atoms with Crippen LogP contribution in [-0.2, 0) is 0 Å². The Kier molecular flexibility index (Phi) is 4.20. The van der Waals surface area contributed by atoms with Gasteiger partial charge in [-0.05, 0) is 37.3 Å². The van der Waals surface area contributed by atoms with Crippen molar-refractivity contribution in [2.45, 2.75) is 13.0 Å². The number of benzene rings is 1. The Morgan fingerprint density at radius 3 is 2.76 bits per heavy atom. The van der Waals surface area contributed by atoms with Crippen molar-refractivity contribution in [2.75, 3.05) is 6.54 Å². The molecule has 1 unspecified atom stereocenters. The van der Waals surface area contributed by atoms with Crippen molar-refractivity contribution in [2.24, 2.45) is 5.73 Å². The van der Waals surface area contributed by atoms with Gasteiger partial charge in [0.15, 0.2) is 0 Å². The fourth-order valence-corrected chi connectivity index (χ4v) is 2.85. The number of hydrogen-bond donors (Lipinski definition) is 1. The van der Waals surface area contributed by atoms with Gasteiger partial charge in [-0.25, -0.2) is 0 Å². The Morgan fingerprint density at radius 2 is 2.18 bits per heavy atom. The summed E-state index contributed by atoms with van der Waals surface area (Å²) in [4.78, 5) is 2.45. The Morgan fingerprint density at radius 1 is 1.35 bits per heavy atom. The third-order valence-corrected chi connectivity index (χ3v) is 3.95. The van der Waals surface area contributed by atoms with Gasteiger partial charge in [0.2, 0.25) is 0 Å². The smallest absolute Gasteiger partial charge is 0.145 e. The molecule has 0 aliphatic rings. The first-order valence-electron chi connectivity index (χ1n) is 5.37. The van der Waals surface area contributed by atoms with Crippen molar-refractivity contribution in [3.05, 3.63) is 50.6 Å². The van der Waals surface area contributed by atoms with Crippen LogP contribution in [0, 0.1) is 6.92 Å². The first-order valence-corrected chi connectivity index (χ1v) is 6.98. The normalized spacial score (nSPS) is 12.4. The lowest BCUT2D eigenvalue weighted by Gasteiger charge is -2.16. The number of thiophene rings is 1. The topological polar surface area (TPSA) is 35.2 Å². The minimum atomic E-state index is -0.0667. The van der Waals surface area contributed by atoms with Crippen LogP contribution in [0.25, 0.3) is 0 Å². The largest absolute Gasteiger partial charge is 0.484 e. The lowest BCUT2D eigenvalue weighted by Crippen LogP contribution is -2.17. The van der Waals surface area contributed by atoms with Crippen molar-refractivity contribution in [3.63, 3.8) is 0 Å². The molecule has 2 nitrogen and oxygen atoms in total. The van der Waals surface area contributed by atoms with Crippen LogP contribution in [0.4, 0.5) is 0 Å². The van der Waals surface area contributed by atoms with Crippen molar-refractivity contribution in [1.82, 2.24) is 0 Å². The monoisotopic (exact) mass is 311 g/mol. The van der Waals surface area contributed by atoms with E-state index in [0.29, 0.717) is 6.54 Å². The molecule has 0 aliphatic heterocycles. The van der Waals surface area contributed by atoms with Crippen molar-refractivity contribution in [3.8, 4) is 5.75 Å². The summed E-state index contributed by atoms with van der Waals surface area (Å²) in [6.45, 7) is 2.56. The third-order valence-electron chi connectivity index (χ3n) is 2.37. The molecule has 2 aromatic rings. The van der Waals surface area contributed by atoms with Gasteiger partial charge < -0.3 is 10.5 Å². The molecule has 0 amide bonds. The van der Waals surface area contributed by atoms with Gasteiger partial charge in [-0.3, -0.25) is 0 Å². The molecule has 1 aromatic heterocycles. The van der Waals surface area contributed by atoms with Gasteiger partial charge in [-0.15, -0.1) is 11.3 Å². The first-order chi connectivity index (χ1) is 8.19. The number of nitrogens with two attached hydrogens (primary N) is 1. The van der Waals surface area contributed by atoms with E-state index in [2.05, 4.69) is 35.0 Å². The molecule has 1 heterocycles. The predicted octanol–water partition coefficient (Wildman–Crippen LogP) is 3.90. The van der Waals surface area contributed by atoms with Gasteiger partial charge in [0, 0.05) is 20.8 Å². The highest BCUT2D eigenvalue weighted by molar-refractivity contribution is 9.10. The van der Waals surface area contributed by atoms with E-state index in [1.165, 1.54) is 9.75 Å². The van der Waals surface area contributed by atoms with E-state index in [0.717, 1.165) is 10.2 Å². The molecule has 1 atom stereocenters. The van der Waals surface area contributed by atoms with E-state index in [1.807, 2.05) is 24.3 Å². The zero-order chi connectivity index (χ0) is 12.3. The standard InChI is InChI=1S/C13H14BrNOS/c1-9-5-6-13(17-9)12(8-15)16-11-4-2-3-10(14)7-11/h2-7,12H,8,15H2,1H3. The van der Waals surface area contributed by atoms with Crippen molar-refractivity contribution in [1.29, 1.82) is 0 Å². The Labute approximate surface area is 114 Å². The summed E-state index contributed by atoms with van der Waals surface area (Å²) in [6.07, 6.45) is -0.0667. The minimum absolute atomic E-state index is 0.0667. The average Bonchev–Trinajstić information content (AvgIpc) is 2.73. The Bertz CT molecular complexity index is 498. The van der Waals surface area contributed by atoms with E-state index in [1.54, 1.807) is 11.3 Å². The molecule has 17 heavy (non-hydrogen) atoms. The van der Waals surface area contributed by atoms with Crippen LogP contribution in [0.5, 0.6) is 5.75 Å². The van der Waals surface area contributed by atoms with Crippen LogP contribution in [0.1, 0.15) is 15.9 Å². The van der Waals surface area contributed by atoms with Gasteiger partial charge in [-0.1, -0.05) is 22.0 Å². The van der Waals surface area contributed by atoms with E-state index in [4.69, 9.17) is 10.5 Å². The quantitative estimate of drug-likeness (QED) is 0.929. The third kappa shape index (κ3) is 3.31. The molecule has 4 heteroatoms. The summed E-state index contributed by atoms with van der Waals surface area (Å²) in [5.41, 5.74) is 5.77. The number of aryl methyl sites for hydroxylation is 1. The second-order valence-corrected chi connectivity index (χ2v) is 5.98. The van der Waals surface area contributed by atoms with Gasteiger partial charge in [-0.2, -0.15) is 0 Å². The van der Waals surface area contributed by atoms with Crippen LogP contribution in [-0.4, -0.2) is 6.54 Å². The zero-order valence-electron chi connectivity index (χ0n) is 9.52. The molecule has 0 aliphatic carbocycles. The maximum Gasteiger partial charge on any atom is 0.145 e. The Balaban J connectivity index is 2.15.